The molecule has 2 rings (SSSR count). The molecule has 0 aromatic carbocycles. The maximum Gasteiger partial charge on any atom is 0.405 e. The molecule has 2 aromatic heterocycles. The summed E-state index contributed by atoms with van der Waals surface area (Å²) in [7, 11) is 0. The molecule has 21 heavy (non-hydrogen) atoms. The number of carbonyl (C=O) groups excluding carboxylic acids is 1. The monoisotopic (exact) mass is 319 g/mol. The number of halogens is 3. The highest BCUT2D eigenvalue weighted by Crippen LogP contribution is 2.33. The smallest absolute Gasteiger partial charge is 0.405 e. The van der Waals surface area contributed by atoms with Crippen molar-refractivity contribution in [2.75, 3.05) is 13.2 Å². The molecule has 0 fully saturated rings. The first-order valence-electron chi connectivity index (χ1n) is 5.95. The Kier molecular flexibility index (Phi) is 4.31. The highest BCUT2D eigenvalue weighted by molar-refractivity contribution is 7.18. The summed E-state index contributed by atoms with van der Waals surface area (Å²) in [5.41, 5.74) is 0.932. The molecule has 0 radical (unpaired) electrons. The van der Waals surface area contributed by atoms with Crippen LogP contribution >= 0.6 is 11.3 Å². The minimum absolute atomic E-state index is 0.198. The second-order valence-electron chi connectivity index (χ2n) is 4.32. The lowest BCUT2D eigenvalue weighted by atomic mass is 10.2. The highest BCUT2D eigenvalue weighted by Gasteiger charge is 2.27. The maximum atomic E-state index is 12.0. The first-order valence-corrected chi connectivity index (χ1v) is 6.76. The zero-order chi connectivity index (χ0) is 15.6. The number of alkyl halides is 3. The van der Waals surface area contributed by atoms with Crippen LogP contribution in [0.2, 0.25) is 0 Å². The van der Waals surface area contributed by atoms with E-state index in [4.69, 9.17) is 4.74 Å². The fourth-order valence-electron chi connectivity index (χ4n) is 1.64. The lowest BCUT2D eigenvalue weighted by Gasteiger charge is -2.09. The van der Waals surface area contributed by atoms with Crippen LogP contribution < -0.4 is 10.1 Å². The molecule has 0 aliphatic rings. The van der Waals surface area contributed by atoms with E-state index >= 15 is 0 Å². The predicted molar refractivity (Wildman–Crippen MR) is 71.4 cm³/mol. The van der Waals surface area contributed by atoms with Gasteiger partial charge in [-0.1, -0.05) is 0 Å². The number of amides is 1. The Labute approximate surface area is 122 Å². The van der Waals surface area contributed by atoms with Crippen LogP contribution in [0.4, 0.5) is 13.2 Å². The number of nitrogens with zero attached hydrogens (tertiary/aromatic N) is 2. The second kappa shape index (κ2) is 5.84. The van der Waals surface area contributed by atoms with Crippen LogP contribution in [-0.4, -0.2) is 35.2 Å². The molecule has 0 unspecified atom stereocenters. The van der Waals surface area contributed by atoms with Crippen LogP contribution in [0.15, 0.2) is 6.33 Å². The van der Waals surface area contributed by atoms with Gasteiger partial charge in [-0.05, 0) is 19.4 Å². The maximum absolute atomic E-state index is 12.0. The van der Waals surface area contributed by atoms with Crippen LogP contribution in [0.5, 0.6) is 5.88 Å². The van der Waals surface area contributed by atoms with E-state index in [0.29, 0.717) is 10.2 Å². The van der Waals surface area contributed by atoms with E-state index in [-0.39, 0.29) is 5.88 Å². The zero-order valence-corrected chi connectivity index (χ0v) is 12.1. The van der Waals surface area contributed by atoms with Crippen molar-refractivity contribution in [2.24, 2.45) is 0 Å². The van der Waals surface area contributed by atoms with Gasteiger partial charge in [-0.25, -0.2) is 9.97 Å². The lowest BCUT2D eigenvalue weighted by molar-refractivity contribution is -0.139. The van der Waals surface area contributed by atoms with Gasteiger partial charge in [0.15, 0.2) is 6.61 Å². The van der Waals surface area contributed by atoms with E-state index < -0.39 is 25.2 Å². The van der Waals surface area contributed by atoms with E-state index in [0.717, 1.165) is 10.4 Å². The van der Waals surface area contributed by atoms with Crippen molar-refractivity contribution < 1.29 is 22.7 Å². The van der Waals surface area contributed by atoms with E-state index in [1.54, 1.807) is 5.32 Å². The highest BCUT2D eigenvalue weighted by atomic mass is 32.1. The molecule has 2 aromatic rings. The predicted octanol–water partition coefficient (Wildman–Crippen LogP) is 2.37. The van der Waals surface area contributed by atoms with Crippen LogP contribution in [0.1, 0.15) is 10.4 Å². The third-order valence-corrected chi connectivity index (χ3v) is 3.87. The first-order chi connectivity index (χ1) is 9.78. The Morgan fingerprint density at radius 3 is 2.76 bits per heavy atom. The number of carbonyl (C=O) groups is 1. The third kappa shape index (κ3) is 3.81. The zero-order valence-electron chi connectivity index (χ0n) is 11.2. The van der Waals surface area contributed by atoms with Gasteiger partial charge in [0.25, 0.3) is 5.91 Å². The van der Waals surface area contributed by atoms with Crippen molar-refractivity contribution in [2.45, 2.75) is 20.0 Å². The van der Waals surface area contributed by atoms with Crippen LogP contribution in [-0.2, 0) is 4.79 Å². The van der Waals surface area contributed by atoms with Crippen molar-refractivity contribution in [3.63, 3.8) is 0 Å². The quantitative estimate of drug-likeness (QED) is 0.940. The van der Waals surface area contributed by atoms with E-state index in [9.17, 15) is 18.0 Å². The van der Waals surface area contributed by atoms with E-state index in [1.807, 2.05) is 13.8 Å². The number of fused-ring (bicyclic) bond motifs is 1. The summed E-state index contributed by atoms with van der Waals surface area (Å²) >= 11 is 1.46. The van der Waals surface area contributed by atoms with Crippen molar-refractivity contribution in [1.82, 2.24) is 15.3 Å². The topological polar surface area (TPSA) is 64.1 Å². The van der Waals surface area contributed by atoms with Crippen molar-refractivity contribution in [3.8, 4) is 5.88 Å². The van der Waals surface area contributed by atoms with Crippen LogP contribution in [0.3, 0.4) is 0 Å². The Morgan fingerprint density at radius 1 is 1.38 bits per heavy atom. The van der Waals surface area contributed by atoms with E-state index in [2.05, 4.69) is 9.97 Å². The van der Waals surface area contributed by atoms with Gasteiger partial charge >= 0.3 is 6.18 Å². The minimum atomic E-state index is -4.45. The standard InChI is InChI=1S/C12H12F3N3O2S/c1-6-7(2)21-11-9(6)10(17-5-18-11)20-3-8(19)16-4-12(13,14)15/h5H,3-4H2,1-2H3,(H,16,19). The molecule has 5 nitrogen and oxygen atoms in total. The molecule has 0 atom stereocenters. The Hall–Kier alpha value is -1.90. The van der Waals surface area contributed by atoms with Gasteiger partial charge < -0.3 is 10.1 Å². The molecule has 114 valence electrons. The summed E-state index contributed by atoms with van der Waals surface area (Å²) in [5.74, 6) is -0.660. The Balaban J connectivity index is 2.05. The molecule has 0 saturated heterocycles. The summed E-state index contributed by atoms with van der Waals surface area (Å²) in [4.78, 5) is 21.1. The lowest BCUT2D eigenvalue weighted by Crippen LogP contribution is -2.36. The van der Waals surface area contributed by atoms with Gasteiger partial charge in [0.1, 0.15) is 17.7 Å². The van der Waals surface area contributed by atoms with Gasteiger partial charge in [0.2, 0.25) is 5.88 Å². The van der Waals surface area contributed by atoms with Gasteiger partial charge in [-0.3, -0.25) is 4.79 Å². The average molecular weight is 319 g/mol. The average Bonchev–Trinajstić information content (AvgIpc) is 2.69. The molecular weight excluding hydrogens is 307 g/mol. The summed E-state index contributed by atoms with van der Waals surface area (Å²) < 4.78 is 41.1. The number of rotatable bonds is 4. The molecule has 0 bridgehead atoms. The van der Waals surface area contributed by atoms with Crippen molar-refractivity contribution in [3.05, 3.63) is 16.8 Å². The normalized spacial score (nSPS) is 11.7. The van der Waals surface area contributed by atoms with Gasteiger partial charge in [0.05, 0.1) is 5.39 Å². The third-order valence-electron chi connectivity index (χ3n) is 2.76. The number of hydrogen-bond donors (Lipinski definition) is 1. The molecule has 0 spiro atoms. The Bertz CT molecular complexity index is 670. The second-order valence-corrected chi connectivity index (χ2v) is 5.53. The fourth-order valence-corrected chi connectivity index (χ4v) is 2.63. The summed E-state index contributed by atoms with van der Waals surface area (Å²) in [5, 5.41) is 2.41. The Morgan fingerprint density at radius 2 is 2.10 bits per heavy atom. The molecule has 0 saturated carbocycles. The first kappa shape index (κ1) is 15.5. The molecule has 2 heterocycles. The number of nitrogens with one attached hydrogen (secondary N) is 1. The molecule has 1 N–H and O–H groups in total. The van der Waals surface area contributed by atoms with Gasteiger partial charge in [-0.2, -0.15) is 13.2 Å². The van der Waals surface area contributed by atoms with Crippen LogP contribution in [0.25, 0.3) is 10.2 Å². The molecular formula is C12H12F3N3O2S. The molecule has 0 aliphatic heterocycles. The van der Waals surface area contributed by atoms with E-state index in [1.165, 1.54) is 17.7 Å². The number of ether oxygens (including phenoxy) is 1. The van der Waals surface area contributed by atoms with Crippen molar-refractivity contribution in [1.29, 1.82) is 0 Å². The number of hydrogen-bond acceptors (Lipinski definition) is 5. The molecule has 0 aliphatic carbocycles. The number of aromatic nitrogens is 2. The largest absolute Gasteiger partial charge is 0.467 e. The number of aryl methyl sites for hydroxylation is 2. The summed E-state index contributed by atoms with van der Waals surface area (Å²) in [6.07, 6.45) is -3.15. The molecule has 9 heteroatoms. The number of thiophene rings is 1. The SMILES string of the molecule is Cc1sc2ncnc(OCC(=O)NCC(F)(F)F)c2c1C. The molecule has 1 amide bonds. The van der Waals surface area contributed by atoms with Gasteiger partial charge in [-0.15, -0.1) is 11.3 Å². The summed E-state index contributed by atoms with van der Waals surface area (Å²) in [6, 6.07) is 0. The van der Waals surface area contributed by atoms with Gasteiger partial charge in [0, 0.05) is 4.88 Å². The minimum Gasteiger partial charge on any atom is -0.467 e. The van der Waals surface area contributed by atoms with Crippen LogP contribution in [0, 0.1) is 13.8 Å². The summed E-state index contributed by atoms with van der Waals surface area (Å²) in [6.45, 7) is 1.87. The van der Waals surface area contributed by atoms with Crippen molar-refractivity contribution >= 4 is 27.5 Å². The fraction of sp³-hybridized carbons (Fsp3) is 0.417.